The second-order valence-corrected chi connectivity index (χ2v) is 5.78. The van der Waals surface area contributed by atoms with E-state index in [9.17, 15) is 14.4 Å². The minimum atomic E-state index is -1.50. The number of benzene rings is 1. The smallest absolute Gasteiger partial charge is 0.409 e. The lowest BCUT2D eigenvalue weighted by molar-refractivity contribution is -0.129. The lowest BCUT2D eigenvalue weighted by atomic mass is 9.98. The van der Waals surface area contributed by atoms with Crippen molar-refractivity contribution in [3.8, 4) is 6.07 Å². The summed E-state index contributed by atoms with van der Waals surface area (Å²) in [5.41, 5.74) is 1.65. The average molecular weight is 345 g/mol. The van der Waals surface area contributed by atoms with Crippen molar-refractivity contribution in [3.05, 3.63) is 29.8 Å². The van der Waals surface area contributed by atoms with E-state index in [0.717, 1.165) is 16.9 Å². The number of Topliss-reactive ketones (excluding diaryl/α,β-unsaturated/α-hetero) is 1. The average Bonchev–Trinajstić information content (AvgIpc) is 2.61. The van der Waals surface area contributed by atoms with Gasteiger partial charge in [0.25, 0.3) is 0 Å². The molecule has 1 N–H and O–H groups in total. The Morgan fingerprint density at radius 2 is 1.88 bits per heavy atom. The van der Waals surface area contributed by atoms with Crippen LogP contribution in [-0.2, 0) is 14.3 Å². The van der Waals surface area contributed by atoms with Crippen LogP contribution >= 0.6 is 0 Å². The molecule has 134 valence electrons. The van der Waals surface area contributed by atoms with Gasteiger partial charge < -0.3 is 15.0 Å². The highest BCUT2D eigenvalue weighted by Gasteiger charge is 2.28. The summed E-state index contributed by atoms with van der Waals surface area (Å²) in [6.07, 6.45) is 0.288. The molecule has 0 aliphatic rings. The van der Waals surface area contributed by atoms with Crippen molar-refractivity contribution in [2.24, 2.45) is 5.92 Å². The Hall–Kier alpha value is -2.88. The Morgan fingerprint density at radius 3 is 2.36 bits per heavy atom. The number of ketones is 1. The Morgan fingerprint density at radius 1 is 1.28 bits per heavy atom. The van der Waals surface area contributed by atoms with Crippen LogP contribution in [-0.4, -0.2) is 43.4 Å². The number of amides is 2. The fraction of sp³-hybridized carbons (Fsp3) is 0.444. The summed E-state index contributed by atoms with van der Waals surface area (Å²) in [5, 5.41) is 11.7. The van der Waals surface area contributed by atoms with Crippen molar-refractivity contribution in [3.63, 3.8) is 0 Å². The van der Waals surface area contributed by atoms with E-state index < -0.39 is 23.7 Å². The standard InChI is InChI=1S/C18H23N3O4/c1-5-12(2)13-6-8-14(9-7-13)20-17(23)15(10-19)16(22)11-21(3)18(24)25-4/h6-9,12,15H,5,11H2,1-4H3,(H,20,23)/t12-,15-/m1/s1. The second kappa shape index (κ2) is 9.42. The van der Waals surface area contributed by atoms with Gasteiger partial charge >= 0.3 is 6.09 Å². The molecule has 0 aliphatic heterocycles. The van der Waals surface area contributed by atoms with Crippen molar-refractivity contribution in [1.82, 2.24) is 4.90 Å². The number of anilines is 1. The van der Waals surface area contributed by atoms with E-state index in [-0.39, 0.29) is 6.54 Å². The summed E-state index contributed by atoms with van der Waals surface area (Å²) in [6.45, 7) is 3.82. The van der Waals surface area contributed by atoms with E-state index >= 15 is 0 Å². The van der Waals surface area contributed by atoms with Crippen LogP contribution in [0, 0.1) is 17.2 Å². The Balaban J connectivity index is 2.74. The van der Waals surface area contributed by atoms with E-state index in [2.05, 4.69) is 23.9 Å². The molecule has 2 amide bonds. The number of rotatable bonds is 7. The molecular formula is C18H23N3O4. The van der Waals surface area contributed by atoms with Gasteiger partial charge in [-0.2, -0.15) is 5.26 Å². The van der Waals surface area contributed by atoms with Gasteiger partial charge in [0.15, 0.2) is 11.7 Å². The highest BCUT2D eigenvalue weighted by molar-refractivity contribution is 6.10. The first-order chi connectivity index (χ1) is 11.8. The number of likely N-dealkylation sites (N-methyl/N-ethyl adjacent to an activating group) is 1. The quantitative estimate of drug-likeness (QED) is 0.766. The first-order valence-corrected chi connectivity index (χ1v) is 7.96. The molecule has 0 saturated heterocycles. The number of nitriles is 1. The molecule has 0 bridgehead atoms. The highest BCUT2D eigenvalue weighted by Crippen LogP contribution is 2.20. The fourth-order valence-electron chi connectivity index (χ4n) is 2.17. The fourth-order valence-corrected chi connectivity index (χ4v) is 2.17. The van der Waals surface area contributed by atoms with Gasteiger partial charge in [-0.1, -0.05) is 26.0 Å². The van der Waals surface area contributed by atoms with Gasteiger partial charge in [-0.3, -0.25) is 9.59 Å². The molecule has 2 atom stereocenters. The van der Waals surface area contributed by atoms with Crippen LogP contribution in [0.1, 0.15) is 31.7 Å². The van der Waals surface area contributed by atoms with Crippen LogP contribution in [0.25, 0.3) is 0 Å². The zero-order valence-corrected chi connectivity index (χ0v) is 14.9. The monoisotopic (exact) mass is 345 g/mol. The number of methoxy groups -OCH3 is 1. The maximum atomic E-state index is 12.2. The number of nitrogens with zero attached hydrogens (tertiary/aromatic N) is 2. The molecule has 0 saturated carbocycles. The van der Waals surface area contributed by atoms with Crippen LogP contribution in [0.3, 0.4) is 0 Å². The van der Waals surface area contributed by atoms with Crippen LogP contribution in [0.15, 0.2) is 24.3 Å². The van der Waals surface area contributed by atoms with Gasteiger partial charge in [0.1, 0.15) is 0 Å². The van der Waals surface area contributed by atoms with Crippen LogP contribution in [0.2, 0.25) is 0 Å². The molecule has 7 nitrogen and oxygen atoms in total. The maximum absolute atomic E-state index is 12.2. The van der Waals surface area contributed by atoms with E-state index in [1.807, 2.05) is 12.1 Å². The van der Waals surface area contributed by atoms with Gasteiger partial charge in [-0.25, -0.2) is 4.79 Å². The van der Waals surface area contributed by atoms with E-state index in [1.165, 1.54) is 14.2 Å². The van der Waals surface area contributed by atoms with Crippen LogP contribution < -0.4 is 5.32 Å². The number of carbonyl (C=O) groups excluding carboxylic acids is 3. The minimum Gasteiger partial charge on any atom is -0.453 e. The van der Waals surface area contributed by atoms with Gasteiger partial charge in [-0.05, 0) is 30.0 Å². The zero-order valence-electron chi connectivity index (χ0n) is 14.9. The molecule has 7 heteroatoms. The summed E-state index contributed by atoms with van der Waals surface area (Å²) in [6, 6.07) is 8.95. The Bertz CT molecular complexity index is 664. The number of nitrogens with one attached hydrogen (secondary N) is 1. The van der Waals surface area contributed by atoms with E-state index in [4.69, 9.17) is 5.26 Å². The van der Waals surface area contributed by atoms with Crippen molar-refractivity contribution < 1.29 is 19.1 Å². The topological polar surface area (TPSA) is 99.5 Å². The normalized spacial score (nSPS) is 12.4. The molecule has 0 fully saturated rings. The third-order valence-corrected chi connectivity index (χ3v) is 3.95. The highest BCUT2D eigenvalue weighted by atomic mass is 16.5. The van der Waals surface area contributed by atoms with Gasteiger partial charge in [0.05, 0.1) is 19.7 Å². The molecule has 0 aromatic heterocycles. The number of hydrogen-bond acceptors (Lipinski definition) is 5. The molecular weight excluding hydrogens is 322 g/mol. The molecule has 0 aliphatic carbocycles. The van der Waals surface area contributed by atoms with E-state index in [0.29, 0.717) is 11.6 Å². The van der Waals surface area contributed by atoms with Gasteiger partial charge in [0.2, 0.25) is 5.91 Å². The largest absolute Gasteiger partial charge is 0.453 e. The van der Waals surface area contributed by atoms with Gasteiger partial charge in [-0.15, -0.1) is 0 Å². The summed E-state index contributed by atoms with van der Waals surface area (Å²) < 4.78 is 4.47. The third-order valence-electron chi connectivity index (χ3n) is 3.95. The Kier molecular flexibility index (Phi) is 7.60. The molecule has 0 heterocycles. The van der Waals surface area contributed by atoms with Crippen LogP contribution in [0.5, 0.6) is 0 Å². The molecule has 0 radical (unpaired) electrons. The van der Waals surface area contributed by atoms with Gasteiger partial charge in [0, 0.05) is 12.7 Å². The molecule has 0 spiro atoms. The van der Waals surface area contributed by atoms with Crippen molar-refractivity contribution in [2.45, 2.75) is 26.2 Å². The Labute approximate surface area is 147 Å². The number of carbonyl (C=O) groups is 3. The van der Waals surface area contributed by atoms with Crippen molar-refractivity contribution in [1.29, 1.82) is 5.26 Å². The maximum Gasteiger partial charge on any atom is 0.409 e. The summed E-state index contributed by atoms with van der Waals surface area (Å²) in [4.78, 5) is 36.6. The second-order valence-electron chi connectivity index (χ2n) is 5.78. The van der Waals surface area contributed by atoms with Crippen LogP contribution in [0.4, 0.5) is 10.5 Å². The third kappa shape index (κ3) is 5.60. The summed E-state index contributed by atoms with van der Waals surface area (Å²) in [7, 11) is 2.53. The predicted octanol–water partition coefficient (Wildman–Crippen LogP) is 2.55. The molecule has 0 unspecified atom stereocenters. The predicted molar refractivity (Wildman–Crippen MR) is 92.9 cm³/mol. The number of ether oxygens (including phenoxy) is 1. The van der Waals surface area contributed by atoms with E-state index in [1.54, 1.807) is 18.2 Å². The molecule has 1 aromatic rings. The lowest BCUT2D eigenvalue weighted by Gasteiger charge is -2.16. The zero-order chi connectivity index (χ0) is 19.0. The molecule has 1 aromatic carbocycles. The lowest BCUT2D eigenvalue weighted by Crippen LogP contribution is -2.38. The summed E-state index contributed by atoms with van der Waals surface area (Å²) in [5.74, 6) is -2.49. The SMILES string of the molecule is CC[C@@H](C)c1ccc(NC(=O)[C@H](C#N)C(=O)CN(C)C(=O)OC)cc1. The first-order valence-electron chi connectivity index (χ1n) is 7.96. The van der Waals surface area contributed by atoms with Crippen molar-refractivity contribution >= 4 is 23.5 Å². The first kappa shape index (κ1) is 20.2. The number of hydrogen-bond donors (Lipinski definition) is 1. The van der Waals surface area contributed by atoms with Crippen molar-refractivity contribution in [2.75, 3.05) is 26.0 Å². The minimum absolute atomic E-state index is 0.384. The summed E-state index contributed by atoms with van der Waals surface area (Å²) >= 11 is 0. The molecule has 1 rings (SSSR count). The molecule has 25 heavy (non-hydrogen) atoms.